The van der Waals surface area contributed by atoms with Crippen LogP contribution in [0.3, 0.4) is 0 Å². The molecule has 0 atom stereocenters. The fourth-order valence-corrected chi connectivity index (χ4v) is 2.40. The van der Waals surface area contributed by atoms with E-state index in [0.29, 0.717) is 12.2 Å². The van der Waals surface area contributed by atoms with E-state index in [0.717, 1.165) is 16.9 Å². The first-order chi connectivity index (χ1) is 11.7. The third kappa shape index (κ3) is 5.17. The predicted molar refractivity (Wildman–Crippen MR) is 97.1 cm³/mol. The summed E-state index contributed by atoms with van der Waals surface area (Å²) in [5.74, 6) is -0.515. The number of hydrogen-bond acceptors (Lipinski definition) is 3. The first-order valence-corrected chi connectivity index (χ1v) is 8.36. The van der Waals surface area contributed by atoms with Crippen molar-refractivity contribution in [2.45, 2.75) is 52.4 Å². The molecule has 2 aromatic rings. The molecule has 0 radical (unpaired) electrons. The van der Waals surface area contributed by atoms with E-state index in [1.165, 1.54) is 0 Å². The minimum absolute atomic E-state index is 0.0161. The number of nitrogens with zero attached hydrogens (tertiary/aromatic N) is 2. The summed E-state index contributed by atoms with van der Waals surface area (Å²) in [6.45, 7) is 8.19. The van der Waals surface area contributed by atoms with E-state index in [9.17, 15) is 9.59 Å². The third-order valence-corrected chi connectivity index (χ3v) is 3.79. The fraction of sp³-hybridized carbons (Fsp3) is 0.421. The van der Waals surface area contributed by atoms with Crippen LogP contribution < -0.4 is 5.32 Å². The van der Waals surface area contributed by atoms with Crippen molar-refractivity contribution >= 4 is 17.7 Å². The molecule has 0 aliphatic heterocycles. The number of aryl methyl sites for hydroxylation is 1. The van der Waals surface area contributed by atoms with Gasteiger partial charge in [-0.05, 0) is 31.0 Å². The summed E-state index contributed by atoms with van der Waals surface area (Å²) in [5.41, 5.74) is 2.69. The number of carbonyl (C=O) groups excluding carboxylic acids is 1. The first kappa shape index (κ1) is 18.7. The third-order valence-electron chi connectivity index (χ3n) is 3.79. The van der Waals surface area contributed by atoms with Gasteiger partial charge in [0.2, 0.25) is 5.91 Å². The minimum Gasteiger partial charge on any atom is -0.481 e. The van der Waals surface area contributed by atoms with Crippen molar-refractivity contribution in [2.24, 2.45) is 0 Å². The molecule has 2 N–H and O–H groups in total. The van der Waals surface area contributed by atoms with Gasteiger partial charge in [0.1, 0.15) is 5.82 Å². The number of aromatic nitrogens is 2. The second kappa shape index (κ2) is 7.51. The van der Waals surface area contributed by atoms with Gasteiger partial charge in [0.25, 0.3) is 0 Å². The molecule has 1 aromatic heterocycles. The van der Waals surface area contributed by atoms with E-state index in [1.807, 2.05) is 37.3 Å². The van der Waals surface area contributed by atoms with Crippen LogP contribution in [-0.4, -0.2) is 26.8 Å². The van der Waals surface area contributed by atoms with Crippen molar-refractivity contribution in [3.63, 3.8) is 0 Å². The maximum atomic E-state index is 12.2. The maximum absolute atomic E-state index is 12.2. The van der Waals surface area contributed by atoms with Crippen LogP contribution in [0, 0.1) is 6.92 Å². The van der Waals surface area contributed by atoms with Crippen molar-refractivity contribution in [2.75, 3.05) is 5.32 Å². The zero-order valence-electron chi connectivity index (χ0n) is 15.2. The summed E-state index contributed by atoms with van der Waals surface area (Å²) in [6.07, 6.45) is 0.458. The summed E-state index contributed by atoms with van der Waals surface area (Å²) >= 11 is 0. The molecule has 0 unspecified atom stereocenters. The molecule has 1 heterocycles. The number of carbonyl (C=O) groups is 2. The average molecular weight is 343 g/mol. The molecular formula is C19H25N3O3. The number of amides is 1. The lowest BCUT2D eigenvalue weighted by atomic mass is 9.92. The molecule has 25 heavy (non-hydrogen) atoms. The van der Waals surface area contributed by atoms with Crippen LogP contribution in [0.1, 0.15) is 51.3 Å². The van der Waals surface area contributed by atoms with Crippen LogP contribution in [0.2, 0.25) is 0 Å². The van der Waals surface area contributed by atoms with Gasteiger partial charge in [0.15, 0.2) is 0 Å². The molecule has 0 saturated heterocycles. The van der Waals surface area contributed by atoms with Gasteiger partial charge in [-0.15, -0.1) is 0 Å². The topological polar surface area (TPSA) is 84.2 Å². The molecular weight excluding hydrogens is 318 g/mol. The first-order valence-electron chi connectivity index (χ1n) is 8.36. The normalized spacial score (nSPS) is 11.4. The van der Waals surface area contributed by atoms with Gasteiger partial charge in [-0.2, -0.15) is 5.10 Å². The summed E-state index contributed by atoms with van der Waals surface area (Å²) < 4.78 is 1.72. The quantitative estimate of drug-likeness (QED) is 0.838. The van der Waals surface area contributed by atoms with Gasteiger partial charge < -0.3 is 10.4 Å². The lowest BCUT2D eigenvalue weighted by Crippen LogP contribution is -2.15. The minimum atomic E-state index is -0.896. The standard InChI is InChI=1S/C19H25N3O3/c1-13-7-5-8-14(11-13)22-16(12-15(21-22)19(2,3)4)20-17(23)9-6-10-18(24)25/h5,7-8,11-12H,6,9-10H2,1-4H3,(H,20,23)(H,24,25). The molecule has 6 heteroatoms. The molecule has 1 aromatic carbocycles. The molecule has 134 valence electrons. The number of nitrogens with one attached hydrogen (secondary N) is 1. The molecule has 0 fully saturated rings. The van der Waals surface area contributed by atoms with E-state index in [-0.39, 0.29) is 24.2 Å². The van der Waals surface area contributed by atoms with Crippen LogP contribution in [0.5, 0.6) is 0 Å². The SMILES string of the molecule is Cc1cccc(-n2nc(C(C)(C)C)cc2NC(=O)CCCC(=O)O)c1. The van der Waals surface area contributed by atoms with Crippen molar-refractivity contribution in [1.29, 1.82) is 0 Å². The largest absolute Gasteiger partial charge is 0.481 e. The molecule has 6 nitrogen and oxygen atoms in total. The number of hydrogen-bond donors (Lipinski definition) is 2. The molecule has 0 aliphatic rings. The van der Waals surface area contributed by atoms with Crippen LogP contribution in [-0.2, 0) is 15.0 Å². The van der Waals surface area contributed by atoms with Gasteiger partial charge in [0, 0.05) is 24.3 Å². The highest BCUT2D eigenvalue weighted by Crippen LogP contribution is 2.26. The zero-order chi connectivity index (χ0) is 18.6. The molecule has 0 bridgehead atoms. The highest BCUT2D eigenvalue weighted by atomic mass is 16.4. The molecule has 0 aliphatic carbocycles. The van der Waals surface area contributed by atoms with E-state index in [1.54, 1.807) is 4.68 Å². The lowest BCUT2D eigenvalue weighted by molar-refractivity contribution is -0.137. The Hall–Kier alpha value is -2.63. The molecule has 1 amide bonds. The van der Waals surface area contributed by atoms with Gasteiger partial charge in [-0.1, -0.05) is 32.9 Å². The van der Waals surface area contributed by atoms with E-state index >= 15 is 0 Å². The van der Waals surface area contributed by atoms with Crippen molar-refractivity contribution < 1.29 is 14.7 Å². The highest BCUT2D eigenvalue weighted by molar-refractivity contribution is 5.90. The Morgan fingerprint density at radius 2 is 1.92 bits per heavy atom. The van der Waals surface area contributed by atoms with Gasteiger partial charge in [-0.25, -0.2) is 4.68 Å². The van der Waals surface area contributed by atoms with Gasteiger partial charge >= 0.3 is 5.97 Å². The summed E-state index contributed by atoms with van der Waals surface area (Å²) in [5, 5.41) is 16.2. The summed E-state index contributed by atoms with van der Waals surface area (Å²) in [6, 6.07) is 9.76. The number of carboxylic acids is 1. The summed E-state index contributed by atoms with van der Waals surface area (Å²) in [7, 11) is 0. The Labute approximate surface area is 147 Å². The lowest BCUT2D eigenvalue weighted by Gasteiger charge is -2.14. The van der Waals surface area contributed by atoms with Gasteiger partial charge in [0.05, 0.1) is 11.4 Å². The Morgan fingerprint density at radius 1 is 1.20 bits per heavy atom. The summed E-state index contributed by atoms with van der Waals surface area (Å²) in [4.78, 5) is 22.7. The molecule has 0 spiro atoms. The Bertz CT molecular complexity index is 772. The van der Waals surface area contributed by atoms with E-state index in [2.05, 4.69) is 31.2 Å². The Kier molecular flexibility index (Phi) is 5.62. The van der Waals surface area contributed by atoms with Crippen LogP contribution in [0.25, 0.3) is 5.69 Å². The second-order valence-electron chi connectivity index (χ2n) is 7.21. The van der Waals surface area contributed by atoms with E-state index < -0.39 is 5.97 Å². The van der Waals surface area contributed by atoms with Crippen molar-refractivity contribution in [3.05, 3.63) is 41.6 Å². The number of carboxylic acid groups (broad SMARTS) is 1. The number of anilines is 1. The number of benzene rings is 1. The van der Waals surface area contributed by atoms with Crippen molar-refractivity contribution in [3.8, 4) is 5.69 Å². The maximum Gasteiger partial charge on any atom is 0.303 e. The Morgan fingerprint density at radius 3 is 2.52 bits per heavy atom. The highest BCUT2D eigenvalue weighted by Gasteiger charge is 2.21. The van der Waals surface area contributed by atoms with Crippen molar-refractivity contribution in [1.82, 2.24) is 9.78 Å². The Balaban J connectivity index is 2.27. The smallest absolute Gasteiger partial charge is 0.303 e. The van der Waals surface area contributed by atoms with Crippen LogP contribution in [0.15, 0.2) is 30.3 Å². The molecule has 2 rings (SSSR count). The van der Waals surface area contributed by atoms with Crippen LogP contribution in [0.4, 0.5) is 5.82 Å². The predicted octanol–water partition coefficient (Wildman–Crippen LogP) is 3.67. The zero-order valence-corrected chi connectivity index (χ0v) is 15.2. The number of aliphatic carboxylic acids is 1. The van der Waals surface area contributed by atoms with E-state index in [4.69, 9.17) is 5.11 Å². The number of rotatable bonds is 6. The average Bonchev–Trinajstić information content (AvgIpc) is 2.90. The van der Waals surface area contributed by atoms with Crippen LogP contribution >= 0.6 is 0 Å². The molecule has 0 saturated carbocycles. The monoisotopic (exact) mass is 343 g/mol. The fourth-order valence-electron chi connectivity index (χ4n) is 2.40. The van der Waals surface area contributed by atoms with Gasteiger partial charge in [-0.3, -0.25) is 9.59 Å². The second-order valence-corrected chi connectivity index (χ2v) is 7.21.